The van der Waals surface area contributed by atoms with Gasteiger partial charge in [-0.15, -0.1) is 0 Å². The van der Waals surface area contributed by atoms with E-state index < -0.39 is 0 Å². The number of benzene rings is 2. The molecule has 4 rings (SSSR count). The van der Waals surface area contributed by atoms with E-state index in [2.05, 4.69) is 36.1 Å². The number of thioether (sulfide) groups is 1. The molecule has 2 heterocycles. The van der Waals surface area contributed by atoms with Gasteiger partial charge in [-0.1, -0.05) is 66.5 Å². The van der Waals surface area contributed by atoms with Gasteiger partial charge >= 0.3 is 0 Å². The van der Waals surface area contributed by atoms with E-state index >= 15 is 0 Å². The van der Waals surface area contributed by atoms with E-state index in [1.807, 2.05) is 54.6 Å². The molecule has 134 valence electrons. The van der Waals surface area contributed by atoms with E-state index in [0.717, 1.165) is 17.9 Å². The fraction of sp³-hybridized carbons (Fsp3) is 0.0909. The molecule has 2 aromatic rings. The van der Waals surface area contributed by atoms with Crippen molar-refractivity contribution in [2.45, 2.75) is 6.92 Å². The van der Waals surface area contributed by atoms with Crippen LogP contribution in [0.15, 0.2) is 83.4 Å². The van der Waals surface area contributed by atoms with Gasteiger partial charge in [-0.25, -0.2) is 0 Å². The topological polar surface area (TPSA) is 23.6 Å². The highest BCUT2D eigenvalue weighted by Crippen LogP contribution is 2.35. The maximum Gasteiger partial charge on any atom is 0.270 e. The van der Waals surface area contributed by atoms with Crippen molar-refractivity contribution in [3.8, 4) is 0 Å². The zero-order valence-corrected chi connectivity index (χ0v) is 16.5. The molecule has 3 nitrogen and oxygen atoms in total. The average molecular weight is 391 g/mol. The number of para-hydroxylation sites is 2. The van der Waals surface area contributed by atoms with Crippen molar-refractivity contribution in [1.29, 1.82) is 0 Å². The molecule has 2 aliphatic heterocycles. The van der Waals surface area contributed by atoms with Crippen LogP contribution in [0, 0.1) is 0 Å². The second-order valence-electron chi connectivity index (χ2n) is 6.10. The summed E-state index contributed by atoms with van der Waals surface area (Å²) in [5.41, 5.74) is 4.24. The first-order valence-electron chi connectivity index (χ1n) is 8.77. The highest BCUT2D eigenvalue weighted by Gasteiger charge is 2.32. The first-order chi connectivity index (χ1) is 13.2. The Bertz CT molecular complexity index is 992. The molecule has 1 saturated heterocycles. The molecule has 0 aromatic heterocycles. The van der Waals surface area contributed by atoms with E-state index in [1.165, 1.54) is 23.0 Å². The maximum absolute atomic E-state index is 12.8. The number of fused-ring (bicyclic) bond motifs is 1. The molecular formula is C22H18N2OS2. The van der Waals surface area contributed by atoms with Gasteiger partial charge in [0.05, 0.1) is 10.6 Å². The molecule has 2 aliphatic rings. The predicted octanol–water partition coefficient (Wildman–Crippen LogP) is 5.37. The lowest BCUT2D eigenvalue weighted by Crippen LogP contribution is -2.27. The molecule has 0 N–H and O–H groups in total. The van der Waals surface area contributed by atoms with Crippen molar-refractivity contribution in [2.24, 2.45) is 0 Å². The quantitative estimate of drug-likeness (QED) is 0.519. The van der Waals surface area contributed by atoms with Gasteiger partial charge < -0.3 is 4.90 Å². The molecule has 0 radical (unpaired) electrons. The van der Waals surface area contributed by atoms with Crippen molar-refractivity contribution in [3.05, 3.63) is 89.0 Å². The number of carbonyl (C=O) groups excluding carboxylic acids is 1. The van der Waals surface area contributed by atoms with Crippen LogP contribution < -0.4 is 9.80 Å². The minimum atomic E-state index is -0.0729. The number of likely N-dealkylation sites (N-methyl/N-ethyl adjacent to an activating group) is 1. The smallest absolute Gasteiger partial charge is 0.270 e. The van der Waals surface area contributed by atoms with Crippen molar-refractivity contribution in [3.63, 3.8) is 0 Å². The number of rotatable bonds is 3. The number of carbonyl (C=O) groups is 1. The lowest BCUT2D eigenvalue weighted by atomic mass is 10.1. The van der Waals surface area contributed by atoms with Crippen LogP contribution in [0.1, 0.15) is 12.5 Å². The zero-order chi connectivity index (χ0) is 18.8. The highest BCUT2D eigenvalue weighted by atomic mass is 32.2. The molecule has 1 fully saturated rings. The number of allylic oxidation sites excluding steroid dienone is 3. The summed E-state index contributed by atoms with van der Waals surface area (Å²) in [6.07, 6.45) is 8.06. The van der Waals surface area contributed by atoms with Gasteiger partial charge in [0.15, 0.2) is 4.32 Å². The summed E-state index contributed by atoms with van der Waals surface area (Å²) < 4.78 is 0.563. The van der Waals surface area contributed by atoms with Crippen LogP contribution in [-0.2, 0) is 4.79 Å². The number of hydrogen-bond acceptors (Lipinski definition) is 4. The van der Waals surface area contributed by atoms with Gasteiger partial charge in [0.1, 0.15) is 0 Å². The lowest BCUT2D eigenvalue weighted by Gasteiger charge is -2.29. The molecule has 0 saturated carbocycles. The number of thiocarbonyl (C=S) groups is 1. The number of amides is 1. The lowest BCUT2D eigenvalue weighted by molar-refractivity contribution is -0.113. The molecule has 2 aromatic carbocycles. The number of anilines is 2. The van der Waals surface area contributed by atoms with E-state index in [-0.39, 0.29) is 5.91 Å². The normalized spacial score (nSPS) is 19.3. The number of hydrogen-bond donors (Lipinski definition) is 0. The Balaban J connectivity index is 1.63. The Labute approximate surface area is 168 Å². The highest BCUT2D eigenvalue weighted by molar-refractivity contribution is 8.27. The van der Waals surface area contributed by atoms with Gasteiger partial charge in [0, 0.05) is 17.9 Å². The molecule has 27 heavy (non-hydrogen) atoms. The average Bonchev–Trinajstić information content (AvgIpc) is 2.99. The largest absolute Gasteiger partial charge is 0.341 e. The Kier molecular flexibility index (Phi) is 4.97. The number of nitrogens with zero attached hydrogens (tertiary/aromatic N) is 2. The summed E-state index contributed by atoms with van der Waals surface area (Å²) in [5, 5.41) is 0. The molecular weight excluding hydrogens is 372 g/mol. The molecule has 1 amide bonds. The van der Waals surface area contributed by atoms with Crippen LogP contribution in [0.4, 0.5) is 11.4 Å². The maximum atomic E-state index is 12.8. The summed E-state index contributed by atoms with van der Waals surface area (Å²) in [5.74, 6) is -0.0729. The molecule has 0 spiro atoms. The zero-order valence-electron chi connectivity index (χ0n) is 14.8. The van der Waals surface area contributed by atoms with Crippen LogP contribution in [-0.4, -0.2) is 16.8 Å². The summed E-state index contributed by atoms with van der Waals surface area (Å²) in [6.45, 7) is 2.98. The van der Waals surface area contributed by atoms with Crippen molar-refractivity contribution < 1.29 is 4.79 Å². The first-order valence-corrected chi connectivity index (χ1v) is 9.99. The van der Waals surface area contributed by atoms with Gasteiger partial charge in [0.2, 0.25) is 0 Å². The van der Waals surface area contributed by atoms with Crippen LogP contribution in [0.2, 0.25) is 0 Å². The Morgan fingerprint density at radius 2 is 1.74 bits per heavy atom. The van der Waals surface area contributed by atoms with Crippen molar-refractivity contribution >= 4 is 51.7 Å². The minimum Gasteiger partial charge on any atom is -0.341 e. The van der Waals surface area contributed by atoms with Crippen molar-refractivity contribution in [2.75, 3.05) is 16.3 Å². The summed E-state index contributed by atoms with van der Waals surface area (Å²) in [4.78, 5) is 17.3. The van der Waals surface area contributed by atoms with Crippen molar-refractivity contribution in [1.82, 2.24) is 0 Å². The molecule has 5 heteroatoms. The monoisotopic (exact) mass is 390 g/mol. The second-order valence-corrected chi connectivity index (χ2v) is 7.78. The Morgan fingerprint density at radius 3 is 2.52 bits per heavy atom. The van der Waals surface area contributed by atoms with Crippen LogP contribution in [0.25, 0.3) is 6.08 Å². The predicted molar refractivity (Wildman–Crippen MR) is 119 cm³/mol. The summed E-state index contributed by atoms with van der Waals surface area (Å²) in [7, 11) is 0. The standard InChI is InChI=1S/C22H18N2OS2/c1-2-23-17(13-12-16-8-6-7-11-19(16)23)14-15-20-21(25)24(22(26)27-20)18-9-4-3-5-10-18/h3-15H,2H2,1H3. The van der Waals surface area contributed by atoms with E-state index in [9.17, 15) is 4.79 Å². The molecule has 0 aliphatic carbocycles. The van der Waals surface area contributed by atoms with Gasteiger partial charge in [-0.05, 0) is 48.9 Å². The molecule has 0 unspecified atom stereocenters. The van der Waals surface area contributed by atoms with Crippen LogP contribution in [0.3, 0.4) is 0 Å². The SMILES string of the molecule is CCN1C(=CC=C2SC(=S)N(c3ccccc3)C2=O)C=Cc2ccccc21. The van der Waals surface area contributed by atoms with Gasteiger partial charge in [0.25, 0.3) is 5.91 Å². The van der Waals surface area contributed by atoms with Crippen LogP contribution in [0.5, 0.6) is 0 Å². The van der Waals surface area contributed by atoms with E-state index in [1.54, 1.807) is 4.90 Å². The summed E-state index contributed by atoms with van der Waals surface area (Å²) in [6, 6.07) is 17.8. The first kappa shape index (κ1) is 17.8. The molecule has 0 atom stereocenters. The summed E-state index contributed by atoms with van der Waals surface area (Å²) >= 11 is 6.77. The van der Waals surface area contributed by atoms with Gasteiger partial charge in [-0.3, -0.25) is 9.69 Å². The third-order valence-electron chi connectivity index (χ3n) is 4.50. The minimum absolute atomic E-state index is 0.0729. The van der Waals surface area contributed by atoms with Gasteiger partial charge in [-0.2, -0.15) is 0 Å². The Hall–Kier alpha value is -2.63. The second kappa shape index (κ2) is 7.55. The van der Waals surface area contributed by atoms with E-state index in [0.29, 0.717) is 9.23 Å². The third kappa shape index (κ3) is 3.36. The van der Waals surface area contributed by atoms with E-state index in [4.69, 9.17) is 12.2 Å². The Morgan fingerprint density at radius 1 is 1.00 bits per heavy atom. The fourth-order valence-corrected chi connectivity index (χ4v) is 4.46. The van der Waals surface area contributed by atoms with Crippen LogP contribution >= 0.6 is 24.0 Å². The third-order valence-corrected chi connectivity index (χ3v) is 5.82. The fourth-order valence-electron chi connectivity index (χ4n) is 3.22. The molecule has 0 bridgehead atoms.